The lowest BCUT2D eigenvalue weighted by molar-refractivity contribution is -0.0498. The summed E-state index contributed by atoms with van der Waals surface area (Å²) >= 11 is 0. The maximum atomic E-state index is 12.2. The van der Waals surface area contributed by atoms with Gasteiger partial charge in [-0.05, 0) is 48.9 Å². The number of benzene rings is 1. The van der Waals surface area contributed by atoms with E-state index in [1.807, 2.05) is 19.1 Å². The van der Waals surface area contributed by atoms with E-state index in [-0.39, 0.29) is 17.9 Å². The van der Waals surface area contributed by atoms with Crippen molar-refractivity contribution in [1.82, 2.24) is 14.8 Å². The molecule has 25 heavy (non-hydrogen) atoms. The van der Waals surface area contributed by atoms with Gasteiger partial charge in [0, 0.05) is 17.8 Å². The summed E-state index contributed by atoms with van der Waals surface area (Å²) in [4.78, 5) is 16.3. The molecular formula is C18H15F2N3O2. The second kappa shape index (κ2) is 7.21. The van der Waals surface area contributed by atoms with Crippen molar-refractivity contribution in [1.29, 1.82) is 0 Å². The molecule has 0 radical (unpaired) electrons. The number of nitrogens with zero attached hydrogens (tertiary/aromatic N) is 3. The predicted octanol–water partition coefficient (Wildman–Crippen LogP) is 3.26. The number of halogens is 2. The normalized spacial score (nSPS) is 10.9. The molecule has 0 unspecified atom stereocenters. The molecule has 0 atom stereocenters. The molecule has 0 spiro atoms. The second-order valence-corrected chi connectivity index (χ2v) is 5.44. The Kier molecular flexibility index (Phi) is 4.83. The molecule has 128 valence electrons. The van der Waals surface area contributed by atoms with E-state index in [1.54, 1.807) is 24.4 Å². The third kappa shape index (κ3) is 4.26. The van der Waals surface area contributed by atoms with Crippen molar-refractivity contribution < 1.29 is 13.5 Å². The highest BCUT2D eigenvalue weighted by molar-refractivity contribution is 5.59. The molecule has 0 saturated carbocycles. The molecule has 0 aliphatic rings. The van der Waals surface area contributed by atoms with Crippen molar-refractivity contribution in [3.8, 4) is 17.0 Å². The van der Waals surface area contributed by atoms with Crippen LogP contribution in [-0.2, 0) is 6.54 Å². The van der Waals surface area contributed by atoms with E-state index in [4.69, 9.17) is 0 Å². The highest BCUT2D eigenvalue weighted by Crippen LogP contribution is 2.21. The number of rotatable bonds is 5. The number of ether oxygens (including phenoxy) is 1. The quantitative estimate of drug-likeness (QED) is 0.713. The van der Waals surface area contributed by atoms with Gasteiger partial charge in [0.05, 0.1) is 17.9 Å². The fourth-order valence-corrected chi connectivity index (χ4v) is 2.27. The molecule has 0 amide bonds. The van der Waals surface area contributed by atoms with Crippen LogP contribution in [0.3, 0.4) is 0 Å². The van der Waals surface area contributed by atoms with Crippen LogP contribution in [0, 0.1) is 6.92 Å². The zero-order valence-corrected chi connectivity index (χ0v) is 13.4. The zero-order valence-electron chi connectivity index (χ0n) is 13.4. The summed E-state index contributed by atoms with van der Waals surface area (Å²) in [6, 6.07) is 12.8. The fraction of sp³-hybridized carbons (Fsp3) is 0.167. The van der Waals surface area contributed by atoms with Gasteiger partial charge in [-0.2, -0.15) is 13.9 Å². The second-order valence-electron chi connectivity index (χ2n) is 5.44. The summed E-state index contributed by atoms with van der Waals surface area (Å²) in [5.74, 6) is 0.0657. The fourth-order valence-electron chi connectivity index (χ4n) is 2.27. The molecule has 0 saturated heterocycles. The first-order valence-corrected chi connectivity index (χ1v) is 7.56. The van der Waals surface area contributed by atoms with E-state index < -0.39 is 6.61 Å². The summed E-state index contributed by atoms with van der Waals surface area (Å²) in [5.41, 5.74) is 2.74. The Balaban J connectivity index is 1.85. The van der Waals surface area contributed by atoms with Gasteiger partial charge in [-0.15, -0.1) is 0 Å². The molecule has 3 aromatic rings. The summed E-state index contributed by atoms with van der Waals surface area (Å²) in [6.07, 6.45) is 1.73. The van der Waals surface area contributed by atoms with Gasteiger partial charge < -0.3 is 4.74 Å². The number of aryl methyl sites for hydroxylation is 1. The van der Waals surface area contributed by atoms with Crippen LogP contribution in [-0.4, -0.2) is 21.4 Å². The van der Waals surface area contributed by atoms with Crippen LogP contribution in [0.5, 0.6) is 5.75 Å². The molecule has 0 bridgehead atoms. The Morgan fingerprint density at radius 3 is 2.48 bits per heavy atom. The summed E-state index contributed by atoms with van der Waals surface area (Å²) in [5, 5.41) is 4.33. The van der Waals surface area contributed by atoms with Crippen LogP contribution in [0.25, 0.3) is 11.3 Å². The lowest BCUT2D eigenvalue weighted by Gasteiger charge is -2.08. The minimum absolute atomic E-state index is 0.0657. The number of hydrogen-bond acceptors (Lipinski definition) is 4. The van der Waals surface area contributed by atoms with E-state index in [9.17, 15) is 13.6 Å². The molecule has 2 heterocycles. The van der Waals surface area contributed by atoms with Gasteiger partial charge in [0.15, 0.2) is 0 Å². The summed E-state index contributed by atoms with van der Waals surface area (Å²) in [7, 11) is 0. The average Bonchev–Trinajstić information content (AvgIpc) is 2.59. The van der Waals surface area contributed by atoms with Crippen LogP contribution >= 0.6 is 0 Å². The highest BCUT2D eigenvalue weighted by atomic mass is 19.3. The van der Waals surface area contributed by atoms with E-state index in [0.717, 1.165) is 11.3 Å². The highest BCUT2D eigenvalue weighted by Gasteiger charge is 2.07. The van der Waals surface area contributed by atoms with Crippen molar-refractivity contribution in [3.05, 3.63) is 76.3 Å². The molecule has 0 N–H and O–H groups in total. The first-order valence-electron chi connectivity index (χ1n) is 7.56. The van der Waals surface area contributed by atoms with Crippen molar-refractivity contribution >= 4 is 0 Å². The molecule has 1 aromatic carbocycles. The van der Waals surface area contributed by atoms with Gasteiger partial charge in [-0.1, -0.05) is 6.07 Å². The standard InChI is InChI=1S/C18H15F2N3O2/c1-12-2-5-14(21-10-12)11-23-17(24)9-8-16(22-23)13-3-6-15(7-4-13)25-18(19)20/h2-10,18H,11H2,1H3. The minimum atomic E-state index is -2.87. The van der Waals surface area contributed by atoms with Gasteiger partial charge in [0.2, 0.25) is 0 Å². The molecular weight excluding hydrogens is 328 g/mol. The summed E-state index contributed by atoms with van der Waals surface area (Å²) in [6.45, 7) is -0.684. The third-order valence-electron chi connectivity index (χ3n) is 3.53. The smallest absolute Gasteiger partial charge is 0.387 e. The van der Waals surface area contributed by atoms with Crippen LogP contribution in [0.15, 0.2) is 59.5 Å². The minimum Gasteiger partial charge on any atom is -0.435 e. The number of aromatic nitrogens is 3. The Labute approximate surface area is 142 Å². The predicted molar refractivity (Wildman–Crippen MR) is 88.6 cm³/mol. The van der Waals surface area contributed by atoms with E-state index >= 15 is 0 Å². The van der Waals surface area contributed by atoms with Gasteiger partial charge in [-0.25, -0.2) is 4.68 Å². The molecule has 7 heteroatoms. The maximum absolute atomic E-state index is 12.2. The maximum Gasteiger partial charge on any atom is 0.387 e. The molecule has 0 fully saturated rings. The van der Waals surface area contributed by atoms with Gasteiger partial charge in [0.25, 0.3) is 5.56 Å². The van der Waals surface area contributed by atoms with Crippen LogP contribution in [0.2, 0.25) is 0 Å². The van der Waals surface area contributed by atoms with Gasteiger partial charge in [0.1, 0.15) is 5.75 Å². The lowest BCUT2D eigenvalue weighted by atomic mass is 10.1. The molecule has 3 rings (SSSR count). The van der Waals surface area contributed by atoms with Crippen molar-refractivity contribution in [2.24, 2.45) is 0 Å². The lowest BCUT2D eigenvalue weighted by Crippen LogP contribution is -2.23. The number of hydrogen-bond donors (Lipinski definition) is 0. The zero-order chi connectivity index (χ0) is 17.8. The average molecular weight is 343 g/mol. The molecule has 2 aromatic heterocycles. The Hall–Kier alpha value is -3.09. The number of pyridine rings is 1. The van der Waals surface area contributed by atoms with Crippen LogP contribution in [0.1, 0.15) is 11.3 Å². The number of alkyl halides is 2. The largest absolute Gasteiger partial charge is 0.435 e. The van der Waals surface area contributed by atoms with Crippen LogP contribution < -0.4 is 10.3 Å². The van der Waals surface area contributed by atoms with Crippen LogP contribution in [0.4, 0.5) is 8.78 Å². The topological polar surface area (TPSA) is 57.0 Å². The first kappa shape index (κ1) is 16.8. The Bertz CT molecular complexity index is 907. The monoisotopic (exact) mass is 343 g/mol. The van der Waals surface area contributed by atoms with Gasteiger partial charge in [-0.3, -0.25) is 9.78 Å². The molecule has 0 aliphatic heterocycles. The van der Waals surface area contributed by atoms with E-state index in [2.05, 4.69) is 14.8 Å². The summed E-state index contributed by atoms with van der Waals surface area (Å²) < 4.78 is 30.0. The molecule has 5 nitrogen and oxygen atoms in total. The van der Waals surface area contributed by atoms with E-state index in [1.165, 1.54) is 22.9 Å². The van der Waals surface area contributed by atoms with Crippen molar-refractivity contribution in [3.63, 3.8) is 0 Å². The first-order chi connectivity index (χ1) is 12.0. The van der Waals surface area contributed by atoms with Crippen molar-refractivity contribution in [2.45, 2.75) is 20.1 Å². The van der Waals surface area contributed by atoms with E-state index in [0.29, 0.717) is 11.3 Å². The Morgan fingerprint density at radius 1 is 1.08 bits per heavy atom. The SMILES string of the molecule is Cc1ccc(Cn2nc(-c3ccc(OC(F)F)cc3)ccc2=O)nc1. The Morgan fingerprint density at radius 2 is 1.84 bits per heavy atom. The van der Waals surface area contributed by atoms with Crippen molar-refractivity contribution in [2.75, 3.05) is 0 Å². The third-order valence-corrected chi connectivity index (χ3v) is 3.53. The van der Waals surface area contributed by atoms with Gasteiger partial charge >= 0.3 is 6.61 Å². The molecule has 0 aliphatic carbocycles.